The summed E-state index contributed by atoms with van der Waals surface area (Å²) in [6, 6.07) is 14.7. The first-order valence-corrected chi connectivity index (χ1v) is 6.68. The number of nitrogens with zero attached hydrogens (tertiary/aromatic N) is 3. The van der Waals surface area contributed by atoms with Crippen molar-refractivity contribution in [2.24, 2.45) is 0 Å². The quantitative estimate of drug-likeness (QED) is 0.724. The van der Waals surface area contributed by atoms with Crippen LogP contribution in [0.25, 0.3) is 22.2 Å². The fourth-order valence-electron chi connectivity index (χ4n) is 2.09. The summed E-state index contributed by atoms with van der Waals surface area (Å²) in [5.74, 6) is 0.642. The van der Waals surface area contributed by atoms with Crippen LogP contribution >= 0.6 is 0 Å². The van der Waals surface area contributed by atoms with Gasteiger partial charge in [-0.2, -0.15) is 9.97 Å². The molecule has 1 aromatic heterocycles. The Balaban J connectivity index is 2.06. The van der Waals surface area contributed by atoms with Gasteiger partial charge >= 0.3 is 6.01 Å². The van der Waals surface area contributed by atoms with Crippen molar-refractivity contribution in [3.05, 3.63) is 48.8 Å². The van der Waals surface area contributed by atoms with Crippen molar-refractivity contribution in [2.45, 2.75) is 13.3 Å². The zero-order chi connectivity index (χ0) is 13.8. The van der Waals surface area contributed by atoms with Crippen LogP contribution in [-0.4, -0.2) is 21.6 Å². The van der Waals surface area contributed by atoms with E-state index in [9.17, 15) is 0 Å². The molecule has 0 fully saturated rings. The van der Waals surface area contributed by atoms with E-state index in [4.69, 9.17) is 4.74 Å². The molecule has 4 nitrogen and oxygen atoms in total. The first kappa shape index (κ1) is 12.5. The van der Waals surface area contributed by atoms with E-state index in [0.29, 0.717) is 18.4 Å². The molecule has 0 saturated heterocycles. The zero-order valence-corrected chi connectivity index (χ0v) is 11.3. The van der Waals surface area contributed by atoms with E-state index in [1.807, 2.05) is 31.2 Å². The maximum atomic E-state index is 5.47. The Morgan fingerprint density at radius 1 is 1.00 bits per heavy atom. The second-order valence-corrected chi connectivity index (χ2v) is 4.47. The summed E-state index contributed by atoms with van der Waals surface area (Å²) in [5, 5.41) is 2.30. The predicted molar refractivity (Wildman–Crippen MR) is 78.6 cm³/mol. The van der Waals surface area contributed by atoms with E-state index in [-0.39, 0.29) is 0 Å². The first-order valence-electron chi connectivity index (χ1n) is 6.68. The van der Waals surface area contributed by atoms with E-state index in [0.717, 1.165) is 17.4 Å². The third kappa shape index (κ3) is 2.45. The van der Waals surface area contributed by atoms with Crippen LogP contribution in [0.1, 0.15) is 13.3 Å². The van der Waals surface area contributed by atoms with E-state index in [2.05, 4.69) is 33.2 Å². The molecule has 4 heteroatoms. The van der Waals surface area contributed by atoms with E-state index in [1.165, 1.54) is 11.7 Å². The number of benzene rings is 2. The highest BCUT2D eigenvalue weighted by Crippen LogP contribution is 2.26. The molecule has 0 saturated carbocycles. The lowest BCUT2D eigenvalue weighted by atomic mass is 10.0. The van der Waals surface area contributed by atoms with Crippen LogP contribution in [0, 0.1) is 0 Å². The SMILES string of the molecule is CCCOc1ncnc(-c2cccc3ccccc23)n1. The zero-order valence-electron chi connectivity index (χ0n) is 11.3. The summed E-state index contributed by atoms with van der Waals surface area (Å²) >= 11 is 0. The van der Waals surface area contributed by atoms with Gasteiger partial charge in [0.25, 0.3) is 0 Å². The first-order chi connectivity index (χ1) is 9.88. The van der Waals surface area contributed by atoms with Gasteiger partial charge in [0.2, 0.25) is 0 Å². The largest absolute Gasteiger partial charge is 0.463 e. The molecule has 0 spiro atoms. The molecule has 3 rings (SSSR count). The maximum absolute atomic E-state index is 5.47. The molecule has 20 heavy (non-hydrogen) atoms. The van der Waals surface area contributed by atoms with E-state index in [1.54, 1.807) is 0 Å². The van der Waals surface area contributed by atoms with Gasteiger partial charge in [-0.25, -0.2) is 4.98 Å². The monoisotopic (exact) mass is 265 g/mol. The topological polar surface area (TPSA) is 47.9 Å². The summed E-state index contributed by atoms with van der Waals surface area (Å²) in [6.07, 6.45) is 2.42. The van der Waals surface area contributed by atoms with Gasteiger partial charge in [-0.15, -0.1) is 0 Å². The molecule has 2 aromatic carbocycles. The number of hydrogen-bond donors (Lipinski definition) is 0. The normalized spacial score (nSPS) is 10.7. The average molecular weight is 265 g/mol. The molecule has 3 aromatic rings. The molecular weight excluding hydrogens is 250 g/mol. The molecule has 0 atom stereocenters. The van der Waals surface area contributed by atoms with Crippen LogP contribution in [0.2, 0.25) is 0 Å². The van der Waals surface area contributed by atoms with Gasteiger partial charge in [0.05, 0.1) is 6.61 Å². The van der Waals surface area contributed by atoms with Crippen LogP contribution < -0.4 is 4.74 Å². The lowest BCUT2D eigenvalue weighted by Gasteiger charge is -2.06. The Bertz CT molecular complexity index is 722. The van der Waals surface area contributed by atoms with Gasteiger partial charge < -0.3 is 4.74 Å². The standard InChI is InChI=1S/C16H15N3O/c1-2-10-20-16-18-11-17-15(19-16)14-9-5-7-12-6-3-4-8-13(12)14/h3-9,11H,2,10H2,1H3. The molecule has 1 heterocycles. The lowest BCUT2D eigenvalue weighted by Crippen LogP contribution is -2.01. The highest BCUT2D eigenvalue weighted by atomic mass is 16.5. The van der Waals surface area contributed by atoms with Gasteiger partial charge in [-0.1, -0.05) is 49.4 Å². The molecule has 0 amide bonds. The van der Waals surface area contributed by atoms with Crippen molar-refractivity contribution in [3.63, 3.8) is 0 Å². The van der Waals surface area contributed by atoms with Crippen molar-refractivity contribution in [1.29, 1.82) is 0 Å². The highest BCUT2D eigenvalue weighted by Gasteiger charge is 2.08. The second-order valence-electron chi connectivity index (χ2n) is 4.47. The summed E-state index contributed by atoms with van der Waals surface area (Å²) in [6.45, 7) is 2.66. The molecule has 0 bridgehead atoms. The lowest BCUT2D eigenvalue weighted by molar-refractivity contribution is 0.291. The van der Waals surface area contributed by atoms with E-state index >= 15 is 0 Å². The molecular formula is C16H15N3O. The fourth-order valence-corrected chi connectivity index (χ4v) is 2.09. The van der Waals surface area contributed by atoms with Crippen molar-refractivity contribution in [3.8, 4) is 17.4 Å². The predicted octanol–water partition coefficient (Wildman–Crippen LogP) is 3.48. The molecule has 0 unspecified atom stereocenters. The summed E-state index contributed by atoms with van der Waals surface area (Å²) < 4.78 is 5.47. The third-order valence-corrected chi connectivity index (χ3v) is 3.02. The number of rotatable bonds is 4. The Labute approximate surface area is 117 Å². The minimum absolute atomic E-state index is 0.379. The minimum atomic E-state index is 0.379. The van der Waals surface area contributed by atoms with Gasteiger partial charge in [0, 0.05) is 5.56 Å². The number of aromatic nitrogens is 3. The fraction of sp³-hybridized carbons (Fsp3) is 0.188. The minimum Gasteiger partial charge on any atom is -0.463 e. The van der Waals surface area contributed by atoms with E-state index < -0.39 is 0 Å². The van der Waals surface area contributed by atoms with Crippen LogP contribution in [0.15, 0.2) is 48.8 Å². The van der Waals surface area contributed by atoms with Crippen LogP contribution in [0.3, 0.4) is 0 Å². The Kier molecular flexibility index (Phi) is 3.54. The smallest absolute Gasteiger partial charge is 0.319 e. The third-order valence-electron chi connectivity index (χ3n) is 3.02. The maximum Gasteiger partial charge on any atom is 0.319 e. The number of ether oxygens (including phenoxy) is 1. The van der Waals surface area contributed by atoms with Crippen molar-refractivity contribution in [1.82, 2.24) is 15.0 Å². The van der Waals surface area contributed by atoms with Crippen LogP contribution in [0.5, 0.6) is 6.01 Å². The van der Waals surface area contributed by atoms with Crippen LogP contribution in [0.4, 0.5) is 0 Å². The van der Waals surface area contributed by atoms with Gasteiger partial charge in [0.1, 0.15) is 6.33 Å². The average Bonchev–Trinajstić information content (AvgIpc) is 2.52. The van der Waals surface area contributed by atoms with Gasteiger partial charge in [-0.3, -0.25) is 0 Å². The van der Waals surface area contributed by atoms with Crippen molar-refractivity contribution in [2.75, 3.05) is 6.61 Å². The molecule has 100 valence electrons. The Morgan fingerprint density at radius 2 is 1.85 bits per heavy atom. The van der Waals surface area contributed by atoms with Crippen LogP contribution in [-0.2, 0) is 0 Å². The molecule has 0 aliphatic carbocycles. The summed E-state index contributed by atoms with van der Waals surface area (Å²) in [4.78, 5) is 12.7. The Hall–Kier alpha value is -2.49. The highest BCUT2D eigenvalue weighted by molar-refractivity contribution is 5.94. The number of fused-ring (bicyclic) bond motifs is 1. The molecule has 0 radical (unpaired) electrons. The van der Waals surface area contributed by atoms with Gasteiger partial charge in [-0.05, 0) is 17.2 Å². The summed E-state index contributed by atoms with van der Waals surface area (Å²) in [5.41, 5.74) is 0.992. The summed E-state index contributed by atoms with van der Waals surface area (Å²) in [7, 11) is 0. The second kappa shape index (κ2) is 5.65. The number of hydrogen-bond acceptors (Lipinski definition) is 4. The molecule has 0 N–H and O–H groups in total. The van der Waals surface area contributed by atoms with Crippen molar-refractivity contribution < 1.29 is 4.74 Å². The molecule has 0 aliphatic rings. The Morgan fingerprint density at radius 3 is 2.75 bits per heavy atom. The molecule has 0 aliphatic heterocycles. The van der Waals surface area contributed by atoms with Crippen molar-refractivity contribution >= 4 is 10.8 Å². The van der Waals surface area contributed by atoms with Gasteiger partial charge in [0.15, 0.2) is 5.82 Å².